The minimum absolute atomic E-state index is 0.228. The summed E-state index contributed by atoms with van der Waals surface area (Å²) in [5, 5.41) is 13.0. The maximum atomic E-state index is 9.50. The lowest BCUT2D eigenvalue weighted by Gasteiger charge is -2.16. The number of hydrogen-bond acceptors (Lipinski definition) is 2. The van der Waals surface area contributed by atoms with Crippen LogP contribution in [0.5, 0.6) is 0 Å². The van der Waals surface area contributed by atoms with E-state index < -0.39 is 0 Å². The molecule has 0 heterocycles. The monoisotopic (exact) mass is 185 g/mol. The molecule has 1 N–H and O–H groups in total. The van der Waals surface area contributed by atoms with Gasteiger partial charge in [0, 0.05) is 11.5 Å². The zero-order valence-electron chi connectivity index (χ0n) is 8.64. The molecule has 0 saturated carbocycles. The molecule has 0 radical (unpaired) electrons. The molecule has 0 saturated heterocycles. The fourth-order valence-corrected chi connectivity index (χ4v) is 1.06. The third-order valence-corrected chi connectivity index (χ3v) is 2.18. The van der Waals surface area contributed by atoms with Crippen LogP contribution in [0.1, 0.15) is 33.6 Å². The van der Waals surface area contributed by atoms with Crippen molar-refractivity contribution in [2.24, 2.45) is 17.0 Å². The molecule has 0 spiro atoms. The zero-order valence-corrected chi connectivity index (χ0v) is 8.64. The van der Waals surface area contributed by atoms with Gasteiger partial charge in [-0.15, -0.1) is 0 Å². The zero-order chi connectivity index (χ0) is 10.3. The molecule has 0 aliphatic rings. The van der Waals surface area contributed by atoms with E-state index in [4.69, 9.17) is 5.53 Å². The first-order valence-corrected chi connectivity index (χ1v) is 4.76. The second-order valence-electron chi connectivity index (χ2n) is 3.91. The van der Waals surface area contributed by atoms with Crippen molar-refractivity contribution in [2.75, 3.05) is 6.54 Å². The van der Waals surface area contributed by atoms with Gasteiger partial charge in [0.05, 0.1) is 6.10 Å². The highest BCUT2D eigenvalue weighted by Crippen LogP contribution is 2.13. The van der Waals surface area contributed by atoms with Gasteiger partial charge in [0.2, 0.25) is 0 Å². The largest absolute Gasteiger partial charge is 0.393 e. The molecule has 0 aromatic carbocycles. The molecular weight excluding hydrogens is 166 g/mol. The Balaban J connectivity index is 3.56. The molecule has 0 amide bonds. The maximum absolute atomic E-state index is 9.50. The normalized spacial score (nSPS) is 15.2. The number of azide groups is 1. The van der Waals surface area contributed by atoms with Gasteiger partial charge in [-0.3, -0.25) is 0 Å². The van der Waals surface area contributed by atoms with Crippen LogP contribution >= 0.6 is 0 Å². The van der Waals surface area contributed by atoms with Crippen LogP contribution in [0, 0.1) is 11.8 Å². The summed E-state index contributed by atoms with van der Waals surface area (Å²) in [5.74, 6) is 0.677. The second kappa shape index (κ2) is 6.75. The summed E-state index contributed by atoms with van der Waals surface area (Å²) in [6.07, 6.45) is 1.48. The first kappa shape index (κ1) is 12.3. The Morgan fingerprint density at radius 3 is 2.38 bits per heavy atom. The number of hydrogen-bond donors (Lipinski definition) is 1. The molecule has 0 aromatic rings. The molecule has 2 atom stereocenters. The van der Waals surface area contributed by atoms with Gasteiger partial charge < -0.3 is 5.11 Å². The molecule has 0 fully saturated rings. The minimum atomic E-state index is -0.228. The average Bonchev–Trinajstić information content (AvgIpc) is 2.10. The summed E-state index contributed by atoms with van der Waals surface area (Å²) >= 11 is 0. The molecule has 0 bridgehead atoms. The molecule has 0 aromatic heterocycles. The van der Waals surface area contributed by atoms with E-state index in [1.807, 2.05) is 20.8 Å². The summed E-state index contributed by atoms with van der Waals surface area (Å²) in [6, 6.07) is 0. The molecule has 0 aliphatic carbocycles. The molecule has 0 rings (SSSR count). The van der Waals surface area contributed by atoms with Crippen molar-refractivity contribution >= 4 is 0 Å². The van der Waals surface area contributed by atoms with Crippen LogP contribution in [0.25, 0.3) is 10.4 Å². The minimum Gasteiger partial charge on any atom is -0.393 e. The van der Waals surface area contributed by atoms with E-state index in [9.17, 15) is 5.11 Å². The molecule has 4 nitrogen and oxygen atoms in total. The lowest BCUT2D eigenvalue weighted by molar-refractivity contribution is 0.109. The Morgan fingerprint density at radius 2 is 1.92 bits per heavy atom. The highest BCUT2D eigenvalue weighted by molar-refractivity contribution is 4.64. The van der Waals surface area contributed by atoms with Crippen molar-refractivity contribution in [1.29, 1.82) is 0 Å². The summed E-state index contributed by atoms with van der Waals surface area (Å²) in [5.41, 5.74) is 8.09. The van der Waals surface area contributed by atoms with E-state index in [2.05, 4.69) is 10.0 Å². The smallest absolute Gasteiger partial charge is 0.0563 e. The van der Waals surface area contributed by atoms with Gasteiger partial charge in [-0.25, -0.2) is 0 Å². The van der Waals surface area contributed by atoms with Crippen molar-refractivity contribution in [2.45, 2.75) is 39.7 Å². The summed E-state index contributed by atoms with van der Waals surface area (Å²) in [6.45, 7) is 6.56. The van der Waals surface area contributed by atoms with E-state index in [0.29, 0.717) is 18.4 Å². The van der Waals surface area contributed by atoms with Crippen LogP contribution in [0.15, 0.2) is 5.11 Å². The third-order valence-electron chi connectivity index (χ3n) is 2.18. The fourth-order valence-electron chi connectivity index (χ4n) is 1.06. The predicted molar refractivity (Wildman–Crippen MR) is 53.3 cm³/mol. The molecule has 2 unspecified atom stereocenters. The van der Waals surface area contributed by atoms with Gasteiger partial charge in [0.1, 0.15) is 0 Å². The first-order chi connectivity index (χ1) is 6.07. The Hall–Kier alpha value is -0.730. The van der Waals surface area contributed by atoms with Crippen LogP contribution in [-0.4, -0.2) is 17.8 Å². The summed E-state index contributed by atoms with van der Waals surface area (Å²) in [7, 11) is 0. The van der Waals surface area contributed by atoms with Crippen LogP contribution < -0.4 is 0 Å². The van der Waals surface area contributed by atoms with Crippen molar-refractivity contribution in [3.05, 3.63) is 10.4 Å². The predicted octanol–water partition coefficient (Wildman–Crippen LogP) is 2.73. The Bertz CT molecular complexity index is 176. The van der Waals surface area contributed by atoms with Gasteiger partial charge in [0.15, 0.2) is 0 Å². The fraction of sp³-hybridized carbons (Fsp3) is 1.00. The third kappa shape index (κ3) is 6.43. The maximum Gasteiger partial charge on any atom is 0.0563 e. The second-order valence-corrected chi connectivity index (χ2v) is 3.91. The lowest BCUT2D eigenvalue weighted by Crippen LogP contribution is -2.16. The molecule has 76 valence electrons. The number of rotatable bonds is 6. The van der Waals surface area contributed by atoms with E-state index in [-0.39, 0.29) is 6.10 Å². The van der Waals surface area contributed by atoms with Crippen LogP contribution in [0.3, 0.4) is 0 Å². The Morgan fingerprint density at radius 1 is 1.31 bits per heavy atom. The van der Waals surface area contributed by atoms with Gasteiger partial charge in [-0.1, -0.05) is 25.9 Å². The summed E-state index contributed by atoms with van der Waals surface area (Å²) < 4.78 is 0. The van der Waals surface area contributed by atoms with Gasteiger partial charge >= 0.3 is 0 Å². The van der Waals surface area contributed by atoms with Crippen molar-refractivity contribution < 1.29 is 5.11 Å². The van der Waals surface area contributed by atoms with Crippen molar-refractivity contribution in [1.82, 2.24) is 0 Å². The van der Waals surface area contributed by atoms with E-state index in [0.717, 1.165) is 12.8 Å². The van der Waals surface area contributed by atoms with Crippen LogP contribution in [-0.2, 0) is 0 Å². The van der Waals surface area contributed by atoms with Crippen molar-refractivity contribution in [3.63, 3.8) is 0 Å². The number of aliphatic hydroxyl groups is 1. The van der Waals surface area contributed by atoms with Gasteiger partial charge in [-0.05, 0) is 30.2 Å². The van der Waals surface area contributed by atoms with E-state index in [1.54, 1.807) is 0 Å². The Labute approximate surface area is 79.6 Å². The molecule has 13 heavy (non-hydrogen) atoms. The summed E-state index contributed by atoms with van der Waals surface area (Å²) in [4.78, 5) is 2.70. The lowest BCUT2D eigenvalue weighted by atomic mass is 9.97. The van der Waals surface area contributed by atoms with Crippen LogP contribution in [0.4, 0.5) is 0 Å². The highest BCUT2D eigenvalue weighted by atomic mass is 16.3. The standard InChI is InChI=1S/C9H19N3O/c1-7(2)9(13)5-4-8(3)6-11-12-10/h7-9,13H,4-6H2,1-3H3. The molecular formula is C9H19N3O. The topological polar surface area (TPSA) is 69.0 Å². The highest BCUT2D eigenvalue weighted by Gasteiger charge is 2.10. The average molecular weight is 185 g/mol. The SMILES string of the molecule is CC(CCC(O)C(C)C)CN=[N+]=[N-]. The molecule has 0 aliphatic heterocycles. The quantitative estimate of drug-likeness (QED) is 0.386. The van der Waals surface area contributed by atoms with E-state index in [1.165, 1.54) is 0 Å². The first-order valence-electron chi connectivity index (χ1n) is 4.76. The Kier molecular flexibility index (Phi) is 6.37. The van der Waals surface area contributed by atoms with E-state index >= 15 is 0 Å². The molecule has 4 heteroatoms. The number of nitrogens with zero attached hydrogens (tertiary/aromatic N) is 3. The van der Waals surface area contributed by atoms with Crippen LogP contribution in [0.2, 0.25) is 0 Å². The van der Waals surface area contributed by atoms with Crippen molar-refractivity contribution in [3.8, 4) is 0 Å². The van der Waals surface area contributed by atoms with Gasteiger partial charge in [-0.2, -0.15) is 0 Å². The number of aliphatic hydroxyl groups excluding tert-OH is 1. The van der Waals surface area contributed by atoms with Gasteiger partial charge in [0.25, 0.3) is 0 Å².